The SMILES string of the molecule is O=C(CNC(=O)c1ccccc1)Oc1ccccc1.[H-].[Na+]. The summed E-state index contributed by atoms with van der Waals surface area (Å²) in [6, 6.07) is 17.4. The Bertz CT molecular complexity index is 564. The molecule has 2 aromatic carbocycles. The molecule has 0 aromatic heterocycles. The maximum atomic E-state index is 11.7. The van der Waals surface area contributed by atoms with E-state index in [0.717, 1.165) is 0 Å². The third-order valence-corrected chi connectivity index (χ3v) is 2.40. The largest absolute Gasteiger partial charge is 1.00 e. The van der Waals surface area contributed by atoms with Crippen molar-refractivity contribution in [2.45, 2.75) is 0 Å². The first-order chi connectivity index (χ1) is 9.25. The van der Waals surface area contributed by atoms with E-state index < -0.39 is 5.97 Å². The zero-order valence-corrected chi connectivity index (χ0v) is 13.2. The summed E-state index contributed by atoms with van der Waals surface area (Å²) in [5, 5.41) is 2.51. The number of hydrogen-bond acceptors (Lipinski definition) is 3. The van der Waals surface area contributed by atoms with E-state index in [2.05, 4.69) is 5.32 Å². The summed E-state index contributed by atoms with van der Waals surface area (Å²) < 4.78 is 5.05. The Hall–Kier alpha value is -1.62. The molecule has 0 aliphatic heterocycles. The summed E-state index contributed by atoms with van der Waals surface area (Å²) in [6.07, 6.45) is 0. The van der Waals surface area contributed by atoms with Crippen LogP contribution in [0.3, 0.4) is 0 Å². The van der Waals surface area contributed by atoms with Crippen LogP contribution < -0.4 is 39.6 Å². The van der Waals surface area contributed by atoms with Gasteiger partial charge < -0.3 is 11.5 Å². The van der Waals surface area contributed by atoms with Crippen LogP contribution in [0.5, 0.6) is 5.75 Å². The smallest absolute Gasteiger partial charge is 1.00 e. The molecule has 0 aliphatic carbocycles. The zero-order chi connectivity index (χ0) is 13.5. The van der Waals surface area contributed by atoms with Gasteiger partial charge in [0, 0.05) is 5.56 Å². The van der Waals surface area contributed by atoms with E-state index in [9.17, 15) is 9.59 Å². The summed E-state index contributed by atoms with van der Waals surface area (Å²) >= 11 is 0. The molecule has 1 amide bonds. The van der Waals surface area contributed by atoms with E-state index in [1.807, 2.05) is 12.1 Å². The van der Waals surface area contributed by atoms with E-state index in [1.54, 1.807) is 48.5 Å². The van der Waals surface area contributed by atoms with Gasteiger partial charge in [-0.15, -0.1) is 0 Å². The first-order valence-electron chi connectivity index (χ1n) is 5.84. The molecule has 0 radical (unpaired) electrons. The predicted molar refractivity (Wildman–Crippen MR) is 72.0 cm³/mol. The molecule has 2 aromatic rings. The minimum atomic E-state index is -0.504. The molecule has 5 heteroatoms. The van der Waals surface area contributed by atoms with Crippen LogP contribution in [0.1, 0.15) is 11.8 Å². The van der Waals surface area contributed by atoms with Crippen LogP contribution in [0, 0.1) is 0 Å². The van der Waals surface area contributed by atoms with Crippen molar-refractivity contribution < 1.29 is 45.3 Å². The summed E-state index contributed by atoms with van der Waals surface area (Å²) in [5.74, 6) is -0.345. The number of para-hydroxylation sites is 1. The third kappa shape index (κ3) is 5.17. The van der Waals surface area contributed by atoms with Crippen molar-refractivity contribution in [1.82, 2.24) is 5.32 Å². The Kier molecular flexibility index (Phi) is 7.01. The molecule has 0 saturated carbocycles. The molecule has 0 atom stereocenters. The quantitative estimate of drug-likeness (QED) is 0.450. The minimum Gasteiger partial charge on any atom is -1.00 e. The molecule has 0 bridgehead atoms. The average Bonchev–Trinajstić information content (AvgIpc) is 2.47. The van der Waals surface area contributed by atoms with Crippen LogP contribution >= 0.6 is 0 Å². The molecule has 2 rings (SSSR count). The van der Waals surface area contributed by atoms with Gasteiger partial charge in [-0.3, -0.25) is 4.79 Å². The van der Waals surface area contributed by atoms with Crippen molar-refractivity contribution >= 4 is 11.9 Å². The van der Waals surface area contributed by atoms with Crippen LogP contribution in [0.25, 0.3) is 0 Å². The topological polar surface area (TPSA) is 55.4 Å². The van der Waals surface area contributed by atoms with Crippen LogP contribution in [0.2, 0.25) is 0 Å². The Morgan fingerprint density at radius 1 is 0.950 bits per heavy atom. The second-order valence-electron chi connectivity index (χ2n) is 3.84. The predicted octanol–water partition coefficient (Wildman–Crippen LogP) is -0.861. The molecular formula is C15H14NNaO3. The third-order valence-electron chi connectivity index (χ3n) is 2.40. The number of esters is 1. The summed E-state index contributed by atoms with van der Waals surface area (Å²) in [7, 11) is 0. The molecule has 0 fully saturated rings. The van der Waals surface area contributed by atoms with Gasteiger partial charge in [0.2, 0.25) is 0 Å². The van der Waals surface area contributed by atoms with E-state index in [0.29, 0.717) is 11.3 Å². The Labute approximate surface area is 140 Å². The van der Waals surface area contributed by atoms with Gasteiger partial charge in [0.05, 0.1) is 0 Å². The first kappa shape index (κ1) is 16.4. The molecule has 0 aliphatic rings. The fourth-order valence-corrected chi connectivity index (χ4v) is 1.50. The maximum Gasteiger partial charge on any atom is 1.00 e. The van der Waals surface area contributed by atoms with Gasteiger partial charge in [-0.05, 0) is 24.3 Å². The van der Waals surface area contributed by atoms with Crippen molar-refractivity contribution in [2.24, 2.45) is 0 Å². The second kappa shape index (κ2) is 8.53. The first-order valence-corrected chi connectivity index (χ1v) is 5.84. The van der Waals surface area contributed by atoms with Crippen molar-refractivity contribution in [2.75, 3.05) is 6.54 Å². The normalized spacial score (nSPS) is 9.20. The van der Waals surface area contributed by atoms with Crippen LogP contribution in [0.4, 0.5) is 0 Å². The molecule has 4 nitrogen and oxygen atoms in total. The van der Waals surface area contributed by atoms with E-state index in [4.69, 9.17) is 4.74 Å². The second-order valence-corrected chi connectivity index (χ2v) is 3.84. The number of hydrogen-bond donors (Lipinski definition) is 1. The van der Waals surface area contributed by atoms with Crippen LogP contribution in [-0.2, 0) is 4.79 Å². The van der Waals surface area contributed by atoms with Crippen molar-refractivity contribution in [3.05, 3.63) is 66.2 Å². The fourth-order valence-electron chi connectivity index (χ4n) is 1.50. The molecule has 20 heavy (non-hydrogen) atoms. The Morgan fingerprint density at radius 3 is 2.10 bits per heavy atom. The van der Waals surface area contributed by atoms with Gasteiger partial charge in [-0.1, -0.05) is 36.4 Å². The minimum absolute atomic E-state index is 0. The number of carbonyl (C=O) groups excluding carboxylic acids is 2. The molecule has 0 saturated heterocycles. The number of amides is 1. The monoisotopic (exact) mass is 279 g/mol. The van der Waals surface area contributed by atoms with Gasteiger partial charge in [0.15, 0.2) is 0 Å². The average molecular weight is 279 g/mol. The molecule has 98 valence electrons. The molecular weight excluding hydrogens is 265 g/mol. The Balaban J connectivity index is 0.00000200. The number of rotatable bonds is 4. The van der Waals surface area contributed by atoms with Gasteiger partial charge >= 0.3 is 35.5 Å². The number of nitrogens with one attached hydrogen (secondary N) is 1. The molecule has 0 unspecified atom stereocenters. The van der Waals surface area contributed by atoms with E-state index in [1.165, 1.54) is 0 Å². The van der Waals surface area contributed by atoms with Gasteiger partial charge in [0.1, 0.15) is 12.3 Å². The van der Waals surface area contributed by atoms with E-state index in [-0.39, 0.29) is 43.4 Å². The summed E-state index contributed by atoms with van der Waals surface area (Å²) in [5.41, 5.74) is 0.509. The summed E-state index contributed by atoms with van der Waals surface area (Å²) in [4.78, 5) is 23.2. The molecule has 1 N–H and O–H groups in total. The number of carbonyl (C=O) groups is 2. The van der Waals surface area contributed by atoms with Crippen LogP contribution in [-0.4, -0.2) is 18.4 Å². The van der Waals surface area contributed by atoms with Crippen LogP contribution in [0.15, 0.2) is 60.7 Å². The van der Waals surface area contributed by atoms with Gasteiger partial charge in [-0.2, -0.15) is 0 Å². The molecule has 0 spiro atoms. The Morgan fingerprint density at radius 2 is 1.50 bits per heavy atom. The van der Waals surface area contributed by atoms with Crippen molar-refractivity contribution in [3.63, 3.8) is 0 Å². The van der Waals surface area contributed by atoms with Crippen molar-refractivity contribution in [3.8, 4) is 5.75 Å². The number of ether oxygens (including phenoxy) is 1. The number of benzene rings is 2. The van der Waals surface area contributed by atoms with Crippen molar-refractivity contribution in [1.29, 1.82) is 0 Å². The fraction of sp³-hybridized carbons (Fsp3) is 0.0667. The van der Waals surface area contributed by atoms with E-state index >= 15 is 0 Å². The molecule has 0 heterocycles. The van der Waals surface area contributed by atoms with Gasteiger partial charge in [-0.25, -0.2) is 4.79 Å². The summed E-state index contributed by atoms with van der Waals surface area (Å²) in [6.45, 7) is -0.164. The zero-order valence-electron chi connectivity index (χ0n) is 12.2. The maximum absolute atomic E-state index is 11.7. The van der Waals surface area contributed by atoms with Gasteiger partial charge in [0.25, 0.3) is 5.91 Å². The standard InChI is InChI=1S/C15H13NO3.Na.H/c17-14(19-13-9-5-2-6-10-13)11-16-15(18)12-7-3-1-4-8-12;;/h1-10H,11H2,(H,16,18);;/q;+1;-1.